The summed E-state index contributed by atoms with van der Waals surface area (Å²) in [4.78, 5) is 25.7. The number of fused-ring (bicyclic) bond motifs is 1. The van der Waals surface area contributed by atoms with Crippen LogP contribution in [0.1, 0.15) is 17.5 Å². The van der Waals surface area contributed by atoms with E-state index in [2.05, 4.69) is 23.6 Å². The van der Waals surface area contributed by atoms with Gasteiger partial charge in [0.05, 0.1) is 11.5 Å². The van der Waals surface area contributed by atoms with Crippen molar-refractivity contribution in [1.29, 1.82) is 0 Å². The van der Waals surface area contributed by atoms with Gasteiger partial charge in [-0.1, -0.05) is 29.9 Å². The van der Waals surface area contributed by atoms with Crippen LogP contribution in [0.5, 0.6) is 0 Å². The molecule has 1 heterocycles. The maximum absolute atomic E-state index is 12.2. The molecule has 3 N–H and O–H groups in total. The molecule has 2 amide bonds. The van der Waals surface area contributed by atoms with Crippen LogP contribution < -0.4 is 16.0 Å². The Morgan fingerprint density at radius 2 is 2.20 bits per heavy atom. The quantitative estimate of drug-likeness (QED) is 0.620. The highest BCUT2D eigenvalue weighted by Crippen LogP contribution is 2.27. The van der Waals surface area contributed by atoms with Crippen LogP contribution in [0.4, 0.5) is 5.69 Å². The fourth-order valence-electron chi connectivity index (χ4n) is 2.30. The topological polar surface area (TPSA) is 75.4 Å². The van der Waals surface area contributed by atoms with Crippen LogP contribution in [0.3, 0.4) is 0 Å². The summed E-state index contributed by atoms with van der Waals surface area (Å²) < 4.78 is 0. The third-order valence-corrected chi connectivity index (χ3v) is 3.36. The second-order valence-electron chi connectivity index (χ2n) is 4.84. The number of amides is 2. The second-order valence-corrected chi connectivity index (χ2v) is 5.37. The van der Waals surface area contributed by atoms with Gasteiger partial charge in [0.2, 0.25) is 0 Å². The first-order valence-electron chi connectivity index (χ1n) is 6.46. The Bertz CT molecular complexity index is 572. The first-order valence-corrected chi connectivity index (χ1v) is 6.87. The molecule has 1 aromatic carbocycles. The molecule has 1 aromatic rings. The van der Waals surface area contributed by atoms with Crippen molar-refractivity contribution in [1.82, 2.24) is 5.32 Å². The van der Waals surface area contributed by atoms with Gasteiger partial charge in [-0.2, -0.15) is 0 Å². The largest absolute Gasteiger partial charge is 0.392 e. The molecule has 0 bridgehead atoms. The van der Waals surface area contributed by atoms with Gasteiger partial charge in [-0.25, -0.2) is 0 Å². The van der Waals surface area contributed by atoms with Crippen LogP contribution in [0.2, 0.25) is 0 Å². The zero-order valence-corrected chi connectivity index (χ0v) is 12.1. The number of hydrogen-bond acceptors (Lipinski definition) is 3. The van der Waals surface area contributed by atoms with Crippen LogP contribution in [0.15, 0.2) is 18.2 Å². The van der Waals surface area contributed by atoms with E-state index >= 15 is 0 Å². The molecule has 0 spiro atoms. The van der Waals surface area contributed by atoms with Gasteiger partial charge in [-0.15, -0.1) is 0 Å². The molecular formula is C14H17N3O2S. The lowest BCUT2D eigenvalue weighted by Gasteiger charge is -2.29. The molecule has 0 saturated heterocycles. The number of nitrogens with two attached hydrogens (primary N) is 1. The number of nitrogens with one attached hydrogen (secondary N) is 1. The predicted molar refractivity (Wildman–Crippen MR) is 81.6 cm³/mol. The van der Waals surface area contributed by atoms with Crippen molar-refractivity contribution >= 4 is 34.7 Å². The number of rotatable bonds is 2. The first-order chi connectivity index (χ1) is 9.49. The number of hydrogen-bond donors (Lipinski definition) is 2. The molecule has 0 aliphatic carbocycles. The second kappa shape index (κ2) is 6.00. The van der Waals surface area contributed by atoms with Crippen molar-refractivity contribution in [2.24, 2.45) is 5.73 Å². The van der Waals surface area contributed by atoms with Gasteiger partial charge in [0.1, 0.15) is 0 Å². The van der Waals surface area contributed by atoms with E-state index in [9.17, 15) is 9.59 Å². The van der Waals surface area contributed by atoms with Gasteiger partial charge >= 0.3 is 11.8 Å². The van der Waals surface area contributed by atoms with Crippen molar-refractivity contribution in [3.63, 3.8) is 0 Å². The highest BCUT2D eigenvalue weighted by atomic mass is 32.1. The summed E-state index contributed by atoms with van der Waals surface area (Å²) in [5.41, 5.74) is 8.37. The summed E-state index contributed by atoms with van der Waals surface area (Å²) in [5.74, 6) is -1.24. The standard InChI is InChI=1S/C14H17N3O2S/c1-9-4-5-11-10(7-9)3-2-6-17(11)14(19)13(18)16-8-12(15)20/h4-5,7H,2-3,6,8H2,1H3,(H2,15,20)(H,16,18). The zero-order chi connectivity index (χ0) is 14.7. The average Bonchev–Trinajstić information content (AvgIpc) is 2.42. The number of nitrogens with zero attached hydrogens (tertiary/aromatic N) is 1. The minimum absolute atomic E-state index is 0.0362. The SMILES string of the molecule is Cc1ccc2c(c1)CCCN2C(=O)C(=O)NCC(N)=S. The molecule has 2 rings (SSSR count). The Balaban J connectivity index is 2.16. The monoisotopic (exact) mass is 291 g/mol. The van der Waals surface area contributed by atoms with E-state index in [1.165, 1.54) is 4.90 Å². The molecule has 0 saturated carbocycles. The third-order valence-electron chi connectivity index (χ3n) is 3.22. The summed E-state index contributed by atoms with van der Waals surface area (Å²) in [5, 5.41) is 2.43. The lowest BCUT2D eigenvalue weighted by Crippen LogP contribution is -2.46. The Morgan fingerprint density at radius 1 is 1.45 bits per heavy atom. The Hall–Kier alpha value is -1.95. The molecule has 0 aromatic heterocycles. The van der Waals surface area contributed by atoms with E-state index in [0.29, 0.717) is 6.54 Å². The van der Waals surface area contributed by atoms with E-state index in [4.69, 9.17) is 5.73 Å². The molecule has 0 unspecified atom stereocenters. The lowest BCUT2D eigenvalue weighted by atomic mass is 9.99. The van der Waals surface area contributed by atoms with E-state index in [-0.39, 0.29) is 11.5 Å². The van der Waals surface area contributed by atoms with Crippen molar-refractivity contribution < 1.29 is 9.59 Å². The Labute approximate surface area is 123 Å². The first kappa shape index (κ1) is 14.5. The van der Waals surface area contributed by atoms with E-state index in [0.717, 1.165) is 29.7 Å². The fraction of sp³-hybridized carbons (Fsp3) is 0.357. The number of carbonyl (C=O) groups excluding carboxylic acids is 2. The summed E-state index contributed by atoms with van der Waals surface area (Å²) >= 11 is 4.67. The molecule has 5 nitrogen and oxygen atoms in total. The number of thiocarbonyl (C=S) groups is 1. The number of anilines is 1. The van der Waals surface area contributed by atoms with Gasteiger partial charge in [-0.3, -0.25) is 9.59 Å². The van der Waals surface area contributed by atoms with Crippen LogP contribution in [-0.2, 0) is 16.0 Å². The van der Waals surface area contributed by atoms with Gasteiger partial charge in [0.25, 0.3) is 0 Å². The zero-order valence-electron chi connectivity index (χ0n) is 11.3. The Morgan fingerprint density at radius 3 is 2.90 bits per heavy atom. The van der Waals surface area contributed by atoms with Crippen molar-refractivity contribution in [2.75, 3.05) is 18.0 Å². The van der Waals surface area contributed by atoms with Crippen molar-refractivity contribution in [3.05, 3.63) is 29.3 Å². The van der Waals surface area contributed by atoms with Crippen molar-refractivity contribution in [3.8, 4) is 0 Å². The van der Waals surface area contributed by atoms with Crippen LogP contribution >= 0.6 is 12.2 Å². The molecule has 20 heavy (non-hydrogen) atoms. The highest BCUT2D eigenvalue weighted by Gasteiger charge is 2.27. The van der Waals surface area contributed by atoms with Crippen LogP contribution in [0.25, 0.3) is 0 Å². The van der Waals surface area contributed by atoms with Gasteiger partial charge in [0, 0.05) is 12.2 Å². The fourth-order valence-corrected chi connectivity index (χ4v) is 2.37. The number of benzene rings is 1. The molecule has 106 valence electrons. The highest BCUT2D eigenvalue weighted by molar-refractivity contribution is 7.80. The lowest BCUT2D eigenvalue weighted by molar-refractivity contribution is -0.137. The molecule has 6 heteroatoms. The average molecular weight is 291 g/mol. The van der Waals surface area contributed by atoms with E-state index in [1.54, 1.807) is 0 Å². The van der Waals surface area contributed by atoms with Gasteiger partial charge in [-0.05, 0) is 31.4 Å². The number of aryl methyl sites for hydroxylation is 2. The summed E-state index contributed by atoms with van der Waals surface area (Å²) in [6.07, 6.45) is 1.78. The predicted octanol–water partition coefficient (Wildman–Crippen LogP) is 0.677. The summed E-state index contributed by atoms with van der Waals surface area (Å²) in [6.45, 7) is 2.60. The van der Waals surface area contributed by atoms with Gasteiger partial charge < -0.3 is 16.0 Å². The minimum atomic E-state index is -0.675. The van der Waals surface area contributed by atoms with Crippen LogP contribution in [0, 0.1) is 6.92 Å². The maximum atomic E-state index is 12.2. The molecule has 0 atom stereocenters. The van der Waals surface area contributed by atoms with Crippen LogP contribution in [-0.4, -0.2) is 29.9 Å². The summed E-state index contributed by atoms with van der Waals surface area (Å²) in [7, 11) is 0. The van der Waals surface area contributed by atoms with Gasteiger partial charge in [0.15, 0.2) is 0 Å². The molecule has 1 aliphatic heterocycles. The number of carbonyl (C=O) groups is 2. The minimum Gasteiger partial charge on any atom is -0.392 e. The maximum Gasteiger partial charge on any atom is 0.316 e. The smallest absolute Gasteiger partial charge is 0.316 e. The molecule has 1 aliphatic rings. The van der Waals surface area contributed by atoms with E-state index in [1.807, 2.05) is 19.1 Å². The van der Waals surface area contributed by atoms with E-state index < -0.39 is 11.8 Å². The molecule has 0 fully saturated rings. The normalized spacial score (nSPS) is 13.6. The third kappa shape index (κ3) is 3.14. The Kier molecular flexibility index (Phi) is 4.34. The van der Waals surface area contributed by atoms with Crippen molar-refractivity contribution in [2.45, 2.75) is 19.8 Å². The molecule has 0 radical (unpaired) electrons. The molecular weight excluding hydrogens is 274 g/mol. The summed E-state index contributed by atoms with van der Waals surface area (Å²) in [6, 6.07) is 5.89.